The highest BCUT2D eigenvalue weighted by Crippen LogP contribution is 2.33. The fourth-order valence-corrected chi connectivity index (χ4v) is 6.65. The van der Waals surface area contributed by atoms with Gasteiger partial charge in [-0.25, -0.2) is 8.42 Å². The van der Waals surface area contributed by atoms with Crippen LogP contribution >= 0.6 is 24.0 Å². The van der Waals surface area contributed by atoms with Crippen LogP contribution in [0.1, 0.15) is 18.9 Å². The van der Waals surface area contributed by atoms with Gasteiger partial charge in [-0.05, 0) is 37.5 Å². The molecule has 2 aliphatic heterocycles. The van der Waals surface area contributed by atoms with Gasteiger partial charge in [-0.1, -0.05) is 30.0 Å². The number of amides is 1. The average Bonchev–Trinajstić information content (AvgIpc) is 3.22. The molecule has 0 saturated carbocycles. The standard InChI is InChI=1S/C20H26N2O5S3/c1-4-21(15-8-10-30(24,25)13-15)12-18-19(23)22(20(28)29-18)9-7-14-5-6-16(26-2)17(11-14)27-3/h5-6,11-12,15H,4,7-10,13H2,1-3H3/b18-12-/t15-/m1/s1. The molecule has 1 aromatic carbocycles. The number of sulfone groups is 1. The molecule has 10 heteroatoms. The van der Waals surface area contributed by atoms with E-state index in [-0.39, 0.29) is 23.5 Å². The quantitative estimate of drug-likeness (QED) is 0.424. The van der Waals surface area contributed by atoms with E-state index in [0.717, 1.165) is 5.56 Å². The number of carbonyl (C=O) groups excluding carboxylic acids is 1. The third-order valence-corrected chi connectivity index (χ3v) is 8.39. The number of benzene rings is 1. The molecule has 1 amide bonds. The van der Waals surface area contributed by atoms with Gasteiger partial charge in [-0.15, -0.1) is 0 Å². The topological polar surface area (TPSA) is 76.2 Å². The zero-order valence-corrected chi connectivity index (χ0v) is 19.7. The summed E-state index contributed by atoms with van der Waals surface area (Å²) in [7, 11) is 0.187. The van der Waals surface area contributed by atoms with Crippen LogP contribution in [0.2, 0.25) is 0 Å². The predicted molar refractivity (Wildman–Crippen MR) is 123 cm³/mol. The van der Waals surface area contributed by atoms with Gasteiger partial charge >= 0.3 is 0 Å². The highest BCUT2D eigenvalue weighted by molar-refractivity contribution is 8.26. The highest BCUT2D eigenvalue weighted by Gasteiger charge is 2.35. The average molecular weight is 471 g/mol. The summed E-state index contributed by atoms with van der Waals surface area (Å²) in [6, 6.07) is 5.59. The van der Waals surface area contributed by atoms with E-state index < -0.39 is 9.84 Å². The summed E-state index contributed by atoms with van der Waals surface area (Å²) < 4.78 is 34.7. The van der Waals surface area contributed by atoms with Crippen molar-refractivity contribution in [3.05, 3.63) is 34.9 Å². The van der Waals surface area contributed by atoms with Crippen molar-refractivity contribution in [3.8, 4) is 11.5 Å². The fourth-order valence-electron chi connectivity index (χ4n) is 3.60. The summed E-state index contributed by atoms with van der Waals surface area (Å²) in [6.07, 6.45) is 2.99. The predicted octanol–water partition coefficient (Wildman–Crippen LogP) is 2.46. The van der Waals surface area contributed by atoms with Crippen LogP contribution in [0.4, 0.5) is 0 Å². The first-order chi connectivity index (χ1) is 14.3. The van der Waals surface area contributed by atoms with E-state index in [4.69, 9.17) is 21.7 Å². The molecule has 2 aliphatic rings. The maximum atomic E-state index is 12.9. The van der Waals surface area contributed by atoms with Gasteiger partial charge in [-0.3, -0.25) is 9.69 Å². The van der Waals surface area contributed by atoms with Gasteiger partial charge in [0, 0.05) is 25.3 Å². The maximum Gasteiger partial charge on any atom is 0.267 e. The van der Waals surface area contributed by atoms with Crippen molar-refractivity contribution in [3.63, 3.8) is 0 Å². The third kappa shape index (κ3) is 5.09. The molecule has 30 heavy (non-hydrogen) atoms. The first-order valence-electron chi connectivity index (χ1n) is 9.70. The van der Waals surface area contributed by atoms with Crippen molar-refractivity contribution >= 4 is 44.0 Å². The Morgan fingerprint density at radius 1 is 1.30 bits per heavy atom. The van der Waals surface area contributed by atoms with Gasteiger partial charge in [0.1, 0.15) is 4.32 Å². The molecule has 1 aromatic rings. The lowest BCUT2D eigenvalue weighted by atomic mass is 10.1. The smallest absolute Gasteiger partial charge is 0.267 e. The lowest BCUT2D eigenvalue weighted by molar-refractivity contribution is -0.122. The van der Waals surface area contributed by atoms with Crippen molar-refractivity contribution < 1.29 is 22.7 Å². The minimum Gasteiger partial charge on any atom is -0.493 e. The number of hydrogen-bond donors (Lipinski definition) is 0. The van der Waals surface area contributed by atoms with Gasteiger partial charge in [0.25, 0.3) is 5.91 Å². The monoisotopic (exact) mass is 470 g/mol. The number of rotatable bonds is 8. The molecule has 7 nitrogen and oxygen atoms in total. The van der Waals surface area contributed by atoms with Gasteiger partial charge in [-0.2, -0.15) is 0 Å². The summed E-state index contributed by atoms with van der Waals surface area (Å²) in [4.78, 5) is 17.0. The molecule has 3 rings (SSSR count). The van der Waals surface area contributed by atoms with Crippen molar-refractivity contribution in [2.45, 2.75) is 25.8 Å². The van der Waals surface area contributed by atoms with E-state index >= 15 is 0 Å². The largest absolute Gasteiger partial charge is 0.493 e. The lowest BCUT2D eigenvalue weighted by Crippen LogP contribution is -2.33. The van der Waals surface area contributed by atoms with Crippen LogP contribution in [0.5, 0.6) is 11.5 Å². The second-order valence-electron chi connectivity index (χ2n) is 7.14. The minimum absolute atomic E-state index is 0.0877. The molecular formula is C20H26N2O5S3. The molecule has 2 fully saturated rings. The first kappa shape index (κ1) is 22.9. The molecule has 0 radical (unpaired) electrons. The zero-order valence-electron chi connectivity index (χ0n) is 17.3. The molecule has 0 aromatic heterocycles. The number of ether oxygens (including phenoxy) is 2. The number of nitrogens with zero attached hydrogens (tertiary/aromatic N) is 2. The van der Waals surface area contributed by atoms with Gasteiger partial charge in [0.2, 0.25) is 0 Å². The Labute approximate surface area is 187 Å². The number of methoxy groups -OCH3 is 2. The van der Waals surface area contributed by atoms with Crippen LogP contribution < -0.4 is 9.47 Å². The van der Waals surface area contributed by atoms with Crippen LogP contribution in [0, 0.1) is 0 Å². The molecule has 1 atom stereocenters. The second kappa shape index (κ2) is 9.57. The molecule has 0 bridgehead atoms. The van der Waals surface area contributed by atoms with Gasteiger partial charge in [0.15, 0.2) is 21.3 Å². The van der Waals surface area contributed by atoms with Crippen LogP contribution in [-0.4, -0.2) is 73.3 Å². The lowest BCUT2D eigenvalue weighted by Gasteiger charge is -2.25. The van der Waals surface area contributed by atoms with Crippen LogP contribution in [0.25, 0.3) is 0 Å². The minimum atomic E-state index is -2.99. The summed E-state index contributed by atoms with van der Waals surface area (Å²) in [6.45, 7) is 3.05. The van der Waals surface area contributed by atoms with Gasteiger partial charge < -0.3 is 14.4 Å². The van der Waals surface area contributed by atoms with Crippen molar-refractivity contribution in [2.24, 2.45) is 0 Å². The fraction of sp³-hybridized carbons (Fsp3) is 0.500. The van der Waals surface area contributed by atoms with Crippen LogP contribution in [0.3, 0.4) is 0 Å². The molecule has 2 heterocycles. The van der Waals surface area contributed by atoms with Crippen molar-refractivity contribution in [1.82, 2.24) is 9.80 Å². The summed E-state index contributed by atoms with van der Waals surface area (Å²) in [5, 5.41) is 0. The van der Waals surface area contributed by atoms with E-state index in [9.17, 15) is 13.2 Å². The summed E-state index contributed by atoms with van der Waals surface area (Å²) in [5.74, 6) is 1.50. The normalized spacial score (nSPS) is 22.0. The molecule has 2 saturated heterocycles. The summed E-state index contributed by atoms with van der Waals surface area (Å²) >= 11 is 6.69. The van der Waals surface area contributed by atoms with E-state index in [1.807, 2.05) is 30.0 Å². The first-order valence-corrected chi connectivity index (χ1v) is 12.7. The SMILES string of the molecule is CCN(/C=C1\SC(=S)N(CCc2ccc(OC)c(OC)c2)C1=O)[C@@H]1CCS(=O)(=O)C1. The van der Waals surface area contributed by atoms with Crippen molar-refractivity contribution in [1.29, 1.82) is 0 Å². The molecule has 0 unspecified atom stereocenters. The van der Waals surface area contributed by atoms with E-state index in [1.54, 1.807) is 25.3 Å². The van der Waals surface area contributed by atoms with E-state index in [2.05, 4.69) is 0 Å². The number of thioether (sulfide) groups is 1. The van der Waals surface area contributed by atoms with Crippen molar-refractivity contribution in [2.75, 3.05) is 38.8 Å². The van der Waals surface area contributed by atoms with Crippen LogP contribution in [0.15, 0.2) is 29.3 Å². The Morgan fingerprint density at radius 2 is 2.03 bits per heavy atom. The highest BCUT2D eigenvalue weighted by atomic mass is 32.2. The van der Waals surface area contributed by atoms with E-state index in [0.29, 0.717) is 46.7 Å². The van der Waals surface area contributed by atoms with Gasteiger partial charge in [0.05, 0.1) is 30.6 Å². The molecule has 164 valence electrons. The zero-order chi connectivity index (χ0) is 21.9. The Kier molecular flexibility index (Phi) is 7.30. The Hall–Kier alpha value is -1.78. The maximum absolute atomic E-state index is 12.9. The number of carbonyl (C=O) groups is 1. The molecule has 0 spiro atoms. The molecule has 0 N–H and O–H groups in total. The Balaban J connectivity index is 1.68. The molecule has 0 aliphatic carbocycles. The second-order valence-corrected chi connectivity index (χ2v) is 11.0. The molecular weight excluding hydrogens is 444 g/mol. The third-order valence-electron chi connectivity index (χ3n) is 5.27. The summed E-state index contributed by atoms with van der Waals surface area (Å²) in [5.41, 5.74) is 1.01. The number of hydrogen-bond acceptors (Lipinski definition) is 8. The Morgan fingerprint density at radius 3 is 2.63 bits per heavy atom. The number of thiocarbonyl (C=S) groups is 1. The van der Waals surface area contributed by atoms with E-state index in [1.165, 1.54) is 11.8 Å². The Bertz CT molecular complexity index is 961. The van der Waals surface area contributed by atoms with Crippen LogP contribution in [-0.2, 0) is 21.1 Å².